The third kappa shape index (κ3) is 3.49. The van der Waals surface area contributed by atoms with Crippen molar-refractivity contribution in [2.24, 2.45) is 0 Å². The highest BCUT2D eigenvalue weighted by atomic mass is 35.5. The minimum atomic E-state index is -0.420. The molecule has 4 aromatic rings. The lowest BCUT2D eigenvalue weighted by atomic mass is 10.3. The fraction of sp³-hybridized carbons (Fsp3) is 0.111. The first-order valence-corrected chi connectivity index (χ1v) is 9.18. The molecule has 0 unspecified atom stereocenters. The predicted molar refractivity (Wildman–Crippen MR) is 105 cm³/mol. The number of amides is 1. The van der Waals surface area contributed by atoms with E-state index in [2.05, 4.69) is 20.4 Å². The molecule has 0 fully saturated rings. The van der Waals surface area contributed by atoms with E-state index in [0.29, 0.717) is 16.0 Å². The molecule has 2 heterocycles. The van der Waals surface area contributed by atoms with E-state index in [0.717, 1.165) is 21.7 Å². The monoisotopic (exact) mass is 399 g/mol. The Hall–Kier alpha value is -2.97. The Labute approximate surface area is 163 Å². The van der Waals surface area contributed by atoms with Gasteiger partial charge in [0.05, 0.1) is 23.0 Å². The summed E-state index contributed by atoms with van der Waals surface area (Å²) in [5.74, 6) is 0.982. The largest absolute Gasteiger partial charge is 0.497 e. The van der Waals surface area contributed by atoms with Gasteiger partial charge in [-0.25, -0.2) is 14.6 Å². The van der Waals surface area contributed by atoms with Crippen molar-refractivity contribution in [2.75, 3.05) is 12.4 Å². The Morgan fingerprint density at radius 3 is 2.70 bits per heavy atom. The first kappa shape index (κ1) is 17.4. The number of nitrogens with one attached hydrogen (secondary N) is 1. The van der Waals surface area contributed by atoms with Gasteiger partial charge in [0, 0.05) is 5.02 Å². The molecule has 0 spiro atoms. The van der Waals surface area contributed by atoms with Gasteiger partial charge in [-0.2, -0.15) is 0 Å². The van der Waals surface area contributed by atoms with E-state index in [1.165, 1.54) is 11.3 Å². The van der Waals surface area contributed by atoms with Gasteiger partial charge in [-0.3, -0.25) is 10.1 Å². The van der Waals surface area contributed by atoms with Crippen LogP contribution in [0.2, 0.25) is 5.02 Å². The molecule has 7 nitrogen and oxygen atoms in total. The minimum absolute atomic E-state index is 0.0688. The van der Waals surface area contributed by atoms with E-state index in [9.17, 15) is 4.79 Å². The van der Waals surface area contributed by atoms with Gasteiger partial charge in [0.2, 0.25) is 5.82 Å². The number of aryl methyl sites for hydroxylation is 1. The number of benzene rings is 2. The van der Waals surface area contributed by atoms with Gasteiger partial charge >= 0.3 is 0 Å². The number of thiazole rings is 1. The van der Waals surface area contributed by atoms with Crippen LogP contribution in [0.5, 0.6) is 5.75 Å². The zero-order chi connectivity index (χ0) is 19.0. The summed E-state index contributed by atoms with van der Waals surface area (Å²) in [5, 5.41) is 8.15. The molecule has 2 aromatic heterocycles. The van der Waals surface area contributed by atoms with Crippen molar-refractivity contribution in [2.45, 2.75) is 6.92 Å². The molecule has 27 heavy (non-hydrogen) atoms. The van der Waals surface area contributed by atoms with E-state index in [4.69, 9.17) is 16.3 Å². The van der Waals surface area contributed by atoms with Gasteiger partial charge in [0.1, 0.15) is 11.6 Å². The van der Waals surface area contributed by atoms with Crippen molar-refractivity contribution in [1.29, 1.82) is 0 Å². The van der Waals surface area contributed by atoms with Crippen LogP contribution in [0, 0.1) is 6.92 Å². The zero-order valence-corrected chi connectivity index (χ0v) is 16.0. The van der Waals surface area contributed by atoms with Gasteiger partial charge in [-0.15, -0.1) is 5.10 Å². The third-order valence-electron chi connectivity index (χ3n) is 3.86. The number of rotatable bonds is 4. The molecule has 0 aliphatic heterocycles. The lowest BCUT2D eigenvalue weighted by Crippen LogP contribution is -2.14. The molecule has 9 heteroatoms. The molecular weight excluding hydrogens is 386 g/mol. The van der Waals surface area contributed by atoms with E-state index in [1.807, 2.05) is 30.3 Å². The molecule has 0 atom stereocenters. The maximum absolute atomic E-state index is 12.5. The van der Waals surface area contributed by atoms with Gasteiger partial charge < -0.3 is 4.74 Å². The molecule has 2 aromatic carbocycles. The summed E-state index contributed by atoms with van der Waals surface area (Å²) in [5.41, 5.74) is 1.56. The SMILES string of the molecule is COc1ccc2nc(NC(=O)c3nc(C)n(-c4ccc(Cl)cc4)n3)sc2c1. The summed E-state index contributed by atoms with van der Waals surface area (Å²) in [6.07, 6.45) is 0. The lowest BCUT2D eigenvalue weighted by molar-refractivity contribution is 0.101. The van der Waals surface area contributed by atoms with Crippen molar-refractivity contribution in [3.8, 4) is 11.4 Å². The Morgan fingerprint density at radius 2 is 1.96 bits per heavy atom. The maximum Gasteiger partial charge on any atom is 0.297 e. The van der Waals surface area contributed by atoms with Crippen LogP contribution in [0.1, 0.15) is 16.4 Å². The van der Waals surface area contributed by atoms with Crippen LogP contribution in [0.15, 0.2) is 42.5 Å². The van der Waals surface area contributed by atoms with Gasteiger partial charge in [-0.1, -0.05) is 22.9 Å². The van der Waals surface area contributed by atoms with E-state index < -0.39 is 5.91 Å². The predicted octanol–water partition coefficient (Wildman–Crippen LogP) is 4.10. The summed E-state index contributed by atoms with van der Waals surface area (Å²) >= 11 is 7.27. The molecular formula is C18H14ClN5O2S. The summed E-state index contributed by atoms with van der Waals surface area (Å²) in [7, 11) is 1.61. The Morgan fingerprint density at radius 1 is 1.19 bits per heavy atom. The molecule has 0 aliphatic carbocycles. The van der Waals surface area contributed by atoms with E-state index in [1.54, 1.807) is 30.8 Å². The van der Waals surface area contributed by atoms with Crippen LogP contribution in [-0.2, 0) is 0 Å². The number of carbonyl (C=O) groups is 1. The number of halogens is 1. The van der Waals surface area contributed by atoms with Gasteiger partial charge in [-0.05, 0) is 49.4 Å². The van der Waals surface area contributed by atoms with Crippen molar-refractivity contribution < 1.29 is 9.53 Å². The van der Waals surface area contributed by atoms with Crippen LogP contribution in [0.4, 0.5) is 5.13 Å². The van der Waals surface area contributed by atoms with Crippen molar-refractivity contribution >= 4 is 44.2 Å². The summed E-state index contributed by atoms with van der Waals surface area (Å²) < 4.78 is 7.72. The Bertz CT molecular complexity index is 1140. The van der Waals surface area contributed by atoms with Crippen molar-refractivity contribution in [3.63, 3.8) is 0 Å². The lowest BCUT2D eigenvalue weighted by Gasteiger charge is -2.02. The van der Waals surface area contributed by atoms with Crippen molar-refractivity contribution in [3.05, 3.63) is 59.1 Å². The highest BCUT2D eigenvalue weighted by Crippen LogP contribution is 2.29. The Kier molecular flexibility index (Phi) is 4.51. The minimum Gasteiger partial charge on any atom is -0.497 e. The first-order valence-electron chi connectivity index (χ1n) is 7.99. The highest BCUT2D eigenvalue weighted by molar-refractivity contribution is 7.22. The van der Waals surface area contributed by atoms with Crippen LogP contribution < -0.4 is 10.1 Å². The summed E-state index contributed by atoms with van der Waals surface area (Å²) in [4.78, 5) is 21.2. The summed E-state index contributed by atoms with van der Waals surface area (Å²) in [6, 6.07) is 12.7. The number of carbonyl (C=O) groups excluding carboxylic acids is 1. The number of ether oxygens (including phenoxy) is 1. The maximum atomic E-state index is 12.5. The van der Waals surface area contributed by atoms with Gasteiger partial charge in [0.15, 0.2) is 5.13 Å². The molecule has 0 radical (unpaired) electrons. The Balaban J connectivity index is 1.58. The summed E-state index contributed by atoms with van der Waals surface area (Å²) in [6.45, 7) is 1.78. The molecule has 1 N–H and O–H groups in total. The fourth-order valence-corrected chi connectivity index (χ4v) is 3.57. The van der Waals surface area contributed by atoms with E-state index in [-0.39, 0.29) is 5.82 Å². The molecule has 0 saturated carbocycles. The van der Waals surface area contributed by atoms with Crippen molar-refractivity contribution in [1.82, 2.24) is 19.7 Å². The van der Waals surface area contributed by atoms with Crippen LogP contribution in [-0.4, -0.2) is 32.8 Å². The average Bonchev–Trinajstić information content (AvgIpc) is 3.24. The molecule has 4 rings (SSSR count). The number of anilines is 1. The second-order valence-corrected chi connectivity index (χ2v) is 7.14. The molecule has 0 bridgehead atoms. The van der Waals surface area contributed by atoms with Crippen LogP contribution in [0.3, 0.4) is 0 Å². The van der Waals surface area contributed by atoms with Crippen LogP contribution in [0.25, 0.3) is 15.9 Å². The number of aromatic nitrogens is 4. The molecule has 136 valence electrons. The number of fused-ring (bicyclic) bond motifs is 1. The fourth-order valence-electron chi connectivity index (χ4n) is 2.55. The number of methoxy groups -OCH3 is 1. The second kappa shape index (κ2) is 6.98. The first-order chi connectivity index (χ1) is 13.0. The quantitative estimate of drug-likeness (QED) is 0.558. The standard InChI is InChI=1S/C18H14ClN5O2S/c1-10-20-16(23-24(10)12-5-3-11(19)4-6-12)17(25)22-18-21-14-8-7-13(26-2)9-15(14)27-18/h3-9H,1-2H3,(H,21,22,25). The third-order valence-corrected chi connectivity index (χ3v) is 5.04. The normalized spacial score (nSPS) is 10.9. The van der Waals surface area contributed by atoms with E-state index >= 15 is 0 Å². The molecule has 1 amide bonds. The topological polar surface area (TPSA) is 81.9 Å². The molecule has 0 aliphatic rings. The van der Waals surface area contributed by atoms with Crippen LogP contribution >= 0.6 is 22.9 Å². The zero-order valence-electron chi connectivity index (χ0n) is 14.4. The second-order valence-electron chi connectivity index (χ2n) is 5.68. The number of nitrogens with zero attached hydrogens (tertiary/aromatic N) is 4. The smallest absolute Gasteiger partial charge is 0.297 e. The molecule has 0 saturated heterocycles. The van der Waals surface area contributed by atoms with Gasteiger partial charge in [0.25, 0.3) is 5.91 Å². The highest BCUT2D eigenvalue weighted by Gasteiger charge is 2.17. The number of hydrogen-bond acceptors (Lipinski definition) is 6. The number of hydrogen-bond donors (Lipinski definition) is 1. The average molecular weight is 400 g/mol.